The molecule has 0 aliphatic rings. The molecule has 0 fully saturated rings. The number of hydrogen-bond acceptors (Lipinski definition) is 4. The molecular formula is C17H16ClFN4O2. The van der Waals surface area contributed by atoms with Gasteiger partial charge < -0.3 is 15.4 Å². The van der Waals surface area contributed by atoms with Crippen LogP contribution < -0.4 is 5.73 Å². The number of imidazole rings is 1. The summed E-state index contributed by atoms with van der Waals surface area (Å²) in [6.07, 6.45) is 5.06. The fraction of sp³-hybridized carbons (Fsp3) is 0.118. The number of rotatable bonds is 3. The Bertz CT molecular complexity index is 879. The number of aliphatic carboxylic acids is 1. The monoisotopic (exact) mass is 362 g/mol. The van der Waals surface area contributed by atoms with Crippen molar-refractivity contribution in [3.63, 3.8) is 0 Å². The first kappa shape index (κ1) is 18.4. The summed E-state index contributed by atoms with van der Waals surface area (Å²) < 4.78 is 15.8. The van der Waals surface area contributed by atoms with Gasteiger partial charge in [-0.2, -0.15) is 0 Å². The van der Waals surface area contributed by atoms with Crippen molar-refractivity contribution in [2.24, 2.45) is 0 Å². The molecule has 1 aromatic carbocycles. The van der Waals surface area contributed by atoms with E-state index in [2.05, 4.69) is 9.97 Å². The van der Waals surface area contributed by atoms with E-state index in [1.54, 1.807) is 36.8 Å². The van der Waals surface area contributed by atoms with Crippen LogP contribution in [-0.4, -0.2) is 25.6 Å². The molecule has 0 radical (unpaired) electrons. The van der Waals surface area contributed by atoms with Gasteiger partial charge in [0.1, 0.15) is 17.5 Å². The number of pyridine rings is 1. The highest BCUT2D eigenvalue weighted by molar-refractivity contribution is 6.30. The molecule has 3 N–H and O–H groups in total. The normalized spacial score (nSPS) is 10.0. The Morgan fingerprint density at radius 2 is 2.04 bits per heavy atom. The molecule has 2 aromatic heterocycles. The molecule has 25 heavy (non-hydrogen) atoms. The van der Waals surface area contributed by atoms with Gasteiger partial charge in [-0.05, 0) is 18.2 Å². The Labute approximate surface area is 148 Å². The number of carboxylic acid groups (broad SMARTS) is 1. The molecule has 0 aliphatic carbocycles. The molecule has 130 valence electrons. The quantitative estimate of drug-likeness (QED) is 0.744. The van der Waals surface area contributed by atoms with E-state index in [1.807, 2.05) is 10.6 Å². The molecule has 8 heteroatoms. The largest absolute Gasteiger partial charge is 0.481 e. The second-order valence-corrected chi connectivity index (χ2v) is 5.49. The second-order valence-electron chi connectivity index (χ2n) is 5.08. The van der Waals surface area contributed by atoms with Gasteiger partial charge >= 0.3 is 0 Å². The molecule has 0 saturated heterocycles. The van der Waals surface area contributed by atoms with Crippen LogP contribution in [-0.2, 0) is 11.3 Å². The Hall–Kier alpha value is -2.93. The predicted octanol–water partition coefficient (Wildman–Crippen LogP) is 3.46. The third-order valence-electron chi connectivity index (χ3n) is 3.13. The van der Waals surface area contributed by atoms with E-state index in [0.29, 0.717) is 23.8 Å². The number of nitrogens with zero attached hydrogens (tertiary/aromatic N) is 3. The van der Waals surface area contributed by atoms with Gasteiger partial charge in [-0.25, -0.2) is 14.4 Å². The number of nitrogens with two attached hydrogens (primary N) is 1. The molecule has 6 nitrogen and oxygen atoms in total. The molecule has 3 aromatic rings. The smallest absolute Gasteiger partial charge is 0.300 e. The third kappa shape index (κ3) is 5.02. The first-order valence-electron chi connectivity index (χ1n) is 7.24. The van der Waals surface area contributed by atoms with Crippen molar-refractivity contribution in [1.82, 2.24) is 14.5 Å². The van der Waals surface area contributed by atoms with E-state index >= 15 is 0 Å². The van der Waals surface area contributed by atoms with E-state index in [0.717, 1.165) is 12.5 Å². The summed E-state index contributed by atoms with van der Waals surface area (Å²) in [6, 6.07) is 8.49. The molecule has 2 heterocycles. The number of aromatic nitrogens is 3. The minimum Gasteiger partial charge on any atom is -0.481 e. The standard InChI is InChI=1S/C15H12ClFN4.C2H4O2/c16-12-3-1-2-11(14(12)17)9-21-7-6-20-15(21)10-4-5-19-13(18)8-10;1-2(3)4/h1-8H,9H2,(H2,18,19);1H3,(H,3,4). The van der Waals surface area contributed by atoms with Gasteiger partial charge in [-0.15, -0.1) is 0 Å². The minimum absolute atomic E-state index is 0.113. The summed E-state index contributed by atoms with van der Waals surface area (Å²) in [5.41, 5.74) is 7.02. The van der Waals surface area contributed by atoms with E-state index in [4.69, 9.17) is 27.2 Å². The highest BCUT2D eigenvalue weighted by Crippen LogP contribution is 2.22. The maximum absolute atomic E-state index is 14.0. The maximum atomic E-state index is 14.0. The lowest BCUT2D eigenvalue weighted by Crippen LogP contribution is -2.04. The molecule has 0 amide bonds. The first-order valence-corrected chi connectivity index (χ1v) is 7.61. The van der Waals surface area contributed by atoms with E-state index in [1.165, 1.54) is 6.07 Å². The molecule has 3 rings (SSSR count). The predicted molar refractivity (Wildman–Crippen MR) is 93.7 cm³/mol. The highest BCUT2D eigenvalue weighted by Gasteiger charge is 2.11. The molecule has 0 unspecified atom stereocenters. The number of halogens is 2. The second kappa shape index (κ2) is 8.25. The summed E-state index contributed by atoms with van der Waals surface area (Å²) in [5, 5.41) is 7.53. The summed E-state index contributed by atoms with van der Waals surface area (Å²) >= 11 is 5.81. The fourth-order valence-corrected chi connectivity index (χ4v) is 2.33. The number of benzene rings is 1. The van der Waals surface area contributed by atoms with Crippen LogP contribution in [0.1, 0.15) is 12.5 Å². The van der Waals surface area contributed by atoms with Crippen LogP contribution >= 0.6 is 11.6 Å². The summed E-state index contributed by atoms with van der Waals surface area (Å²) in [6.45, 7) is 1.42. The molecule has 0 saturated carbocycles. The number of carboxylic acids is 1. The Morgan fingerprint density at radius 1 is 1.32 bits per heavy atom. The average Bonchev–Trinajstić information content (AvgIpc) is 2.99. The minimum atomic E-state index is -0.833. The van der Waals surface area contributed by atoms with Crippen molar-refractivity contribution >= 4 is 23.4 Å². The summed E-state index contributed by atoms with van der Waals surface area (Å²) in [7, 11) is 0. The number of nitrogen functional groups attached to an aromatic ring is 1. The number of carbonyl (C=O) groups is 1. The van der Waals surface area contributed by atoms with Crippen LogP contribution in [0.15, 0.2) is 48.9 Å². The van der Waals surface area contributed by atoms with Crippen LogP contribution in [0, 0.1) is 5.82 Å². The van der Waals surface area contributed by atoms with Crippen molar-refractivity contribution in [2.45, 2.75) is 13.5 Å². The van der Waals surface area contributed by atoms with Crippen LogP contribution in [0.25, 0.3) is 11.4 Å². The van der Waals surface area contributed by atoms with Crippen LogP contribution in [0.5, 0.6) is 0 Å². The average molecular weight is 363 g/mol. The van der Waals surface area contributed by atoms with Crippen LogP contribution in [0.4, 0.5) is 10.2 Å². The van der Waals surface area contributed by atoms with E-state index in [9.17, 15) is 4.39 Å². The topological polar surface area (TPSA) is 94.0 Å². The zero-order valence-electron chi connectivity index (χ0n) is 13.4. The lowest BCUT2D eigenvalue weighted by Gasteiger charge is -2.10. The van der Waals surface area contributed by atoms with E-state index in [-0.39, 0.29) is 5.02 Å². The van der Waals surface area contributed by atoms with Crippen LogP contribution in [0.2, 0.25) is 5.02 Å². The van der Waals surface area contributed by atoms with Gasteiger partial charge in [0.05, 0.1) is 11.6 Å². The lowest BCUT2D eigenvalue weighted by atomic mass is 10.2. The molecule has 0 atom stereocenters. The molecule has 0 aliphatic heterocycles. The number of anilines is 1. The highest BCUT2D eigenvalue weighted by atomic mass is 35.5. The fourth-order valence-electron chi connectivity index (χ4n) is 2.14. The maximum Gasteiger partial charge on any atom is 0.300 e. The summed E-state index contributed by atoms with van der Waals surface area (Å²) in [4.78, 5) is 17.3. The van der Waals surface area contributed by atoms with Crippen molar-refractivity contribution in [3.05, 3.63) is 65.3 Å². The van der Waals surface area contributed by atoms with Crippen molar-refractivity contribution < 1.29 is 14.3 Å². The SMILES string of the molecule is CC(=O)O.Nc1cc(-c2nccn2Cc2cccc(Cl)c2F)ccn1. The van der Waals surface area contributed by atoms with Gasteiger partial charge in [0, 0.05) is 36.6 Å². The Morgan fingerprint density at radius 3 is 2.72 bits per heavy atom. The zero-order valence-corrected chi connectivity index (χ0v) is 14.1. The van der Waals surface area contributed by atoms with Gasteiger partial charge in [-0.3, -0.25) is 4.79 Å². The van der Waals surface area contributed by atoms with Crippen LogP contribution in [0.3, 0.4) is 0 Å². The molecular weight excluding hydrogens is 347 g/mol. The molecule has 0 spiro atoms. The Kier molecular flexibility index (Phi) is 6.08. The van der Waals surface area contributed by atoms with Gasteiger partial charge in [0.25, 0.3) is 5.97 Å². The van der Waals surface area contributed by atoms with Gasteiger partial charge in [0.15, 0.2) is 0 Å². The van der Waals surface area contributed by atoms with E-state index < -0.39 is 11.8 Å². The van der Waals surface area contributed by atoms with Crippen molar-refractivity contribution in [1.29, 1.82) is 0 Å². The zero-order chi connectivity index (χ0) is 18.4. The summed E-state index contributed by atoms with van der Waals surface area (Å²) in [5.74, 6) is -0.132. The van der Waals surface area contributed by atoms with Gasteiger partial charge in [-0.1, -0.05) is 23.7 Å². The molecule has 0 bridgehead atoms. The van der Waals surface area contributed by atoms with Crippen molar-refractivity contribution in [3.8, 4) is 11.4 Å². The third-order valence-corrected chi connectivity index (χ3v) is 3.42. The first-order chi connectivity index (χ1) is 11.9. The number of hydrogen-bond donors (Lipinski definition) is 2. The Balaban J connectivity index is 0.000000511. The lowest BCUT2D eigenvalue weighted by molar-refractivity contribution is -0.134. The van der Waals surface area contributed by atoms with Gasteiger partial charge in [0.2, 0.25) is 0 Å². The van der Waals surface area contributed by atoms with Crippen molar-refractivity contribution in [2.75, 3.05) is 5.73 Å².